The second-order valence-corrected chi connectivity index (χ2v) is 3.84. The lowest BCUT2D eigenvalue weighted by Gasteiger charge is -2.32. The number of carbonyl (C=O) groups is 1. The van der Waals surface area contributed by atoms with Crippen molar-refractivity contribution in [1.29, 1.82) is 0 Å². The molecule has 1 aromatic carbocycles. The van der Waals surface area contributed by atoms with Crippen LogP contribution in [-0.4, -0.2) is 23.4 Å². The highest BCUT2D eigenvalue weighted by atomic mass is 19.4. The largest absolute Gasteiger partial charge is 0.481 e. The Kier molecular flexibility index (Phi) is 2.73. The van der Waals surface area contributed by atoms with Gasteiger partial charge in [-0.15, -0.1) is 0 Å². The molecule has 0 fully saturated rings. The van der Waals surface area contributed by atoms with Gasteiger partial charge >= 0.3 is 12.1 Å². The van der Waals surface area contributed by atoms with E-state index in [0.29, 0.717) is 5.56 Å². The number of carboxylic acid groups (broad SMARTS) is 1. The van der Waals surface area contributed by atoms with Crippen LogP contribution in [0.4, 0.5) is 13.2 Å². The third-order valence-electron chi connectivity index (χ3n) is 2.67. The van der Waals surface area contributed by atoms with Gasteiger partial charge in [-0.1, -0.05) is 18.2 Å². The summed E-state index contributed by atoms with van der Waals surface area (Å²) >= 11 is 0. The number of hydrogen-bond donors (Lipinski definition) is 1. The fourth-order valence-corrected chi connectivity index (χ4v) is 1.86. The molecule has 0 aromatic heterocycles. The van der Waals surface area contributed by atoms with Crippen LogP contribution < -0.4 is 4.74 Å². The maximum Gasteiger partial charge on any atom is 0.426 e. The molecule has 0 amide bonds. The normalized spacial score (nSPS) is 23.7. The van der Waals surface area contributed by atoms with E-state index in [1.807, 2.05) is 0 Å². The van der Waals surface area contributed by atoms with Crippen LogP contribution in [0, 0.1) is 5.92 Å². The molecule has 17 heavy (non-hydrogen) atoms. The molecule has 0 aliphatic carbocycles. The molecule has 0 saturated carbocycles. The maximum atomic E-state index is 12.7. The number of fused-ring (bicyclic) bond motifs is 1. The molecule has 0 radical (unpaired) electrons. The minimum Gasteiger partial charge on any atom is -0.481 e. The Bertz CT molecular complexity index is 442. The van der Waals surface area contributed by atoms with E-state index in [0.717, 1.165) is 0 Å². The third-order valence-corrected chi connectivity index (χ3v) is 2.67. The summed E-state index contributed by atoms with van der Waals surface area (Å²) in [5.41, 5.74) is 0.486. The number of rotatable bonds is 1. The Hall–Kier alpha value is -1.72. The van der Waals surface area contributed by atoms with Crippen LogP contribution in [-0.2, 0) is 11.2 Å². The highest BCUT2D eigenvalue weighted by Crippen LogP contribution is 2.38. The predicted octanol–water partition coefficient (Wildman–Crippen LogP) is 2.25. The fraction of sp³-hybridized carbons (Fsp3) is 0.364. The van der Waals surface area contributed by atoms with Gasteiger partial charge in [-0.05, 0) is 18.1 Å². The quantitative estimate of drug-likeness (QED) is 0.826. The first-order valence-electron chi connectivity index (χ1n) is 4.93. The van der Waals surface area contributed by atoms with Gasteiger partial charge in [0.1, 0.15) is 11.7 Å². The molecule has 0 bridgehead atoms. The summed E-state index contributed by atoms with van der Waals surface area (Å²) in [6.45, 7) is 0. The molecule has 0 saturated heterocycles. The zero-order valence-electron chi connectivity index (χ0n) is 8.57. The molecule has 2 atom stereocenters. The molecule has 3 nitrogen and oxygen atoms in total. The van der Waals surface area contributed by atoms with Crippen molar-refractivity contribution in [3.8, 4) is 5.75 Å². The van der Waals surface area contributed by atoms with Crippen LogP contribution in [0.2, 0.25) is 0 Å². The topological polar surface area (TPSA) is 46.5 Å². The Morgan fingerprint density at radius 2 is 2.00 bits per heavy atom. The lowest BCUT2D eigenvalue weighted by molar-refractivity contribution is -0.217. The molecule has 1 N–H and O–H groups in total. The Morgan fingerprint density at radius 3 is 2.59 bits per heavy atom. The van der Waals surface area contributed by atoms with Gasteiger partial charge in [-0.25, -0.2) is 0 Å². The second-order valence-electron chi connectivity index (χ2n) is 3.84. The minimum atomic E-state index is -4.68. The first-order chi connectivity index (χ1) is 7.89. The number of carboxylic acids is 1. The summed E-state index contributed by atoms with van der Waals surface area (Å²) in [4.78, 5) is 10.8. The first-order valence-corrected chi connectivity index (χ1v) is 4.93. The zero-order valence-corrected chi connectivity index (χ0v) is 8.57. The van der Waals surface area contributed by atoms with Crippen LogP contribution in [0.1, 0.15) is 5.56 Å². The standard InChI is InChI=1S/C11H9F3O3/c12-11(13,14)9-7(10(15)16)5-6-3-1-2-4-8(6)17-9/h1-4,7,9H,5H2,(H,15,16)/t7-,9+/m0/s1. The molecule has 1 heterocycles. The summed E-state index contributed by atoms with van der Waals surface area (Å²) in [6.07, 6.45) is -7.14. The summed E-state index contributed by atoms with van der Waals surface area (Å²) < 4.78 is 42.7. The lowest BCUT2D eigenvalue weighted by atomic mass is 9.90. The summed E-state index contributed by atoms with van der Waals surface area (Å²) in [6, 6.07) is 6.16. The Balaban J connectivity index is 2.38. The second kappa shape index (κ2) is 3.94. The van der Waals surface area contributed by atoms with Crippen molar-refractivity contribution in [2.75, 3.05) is 0 Å². The van der Waals surface area contributed by atoms with E-state index in [1.165, 1.54) is 6.07 Å². The van der Waals surface area contributed by atoms with E-state index >= 15 is 0 Å². The number of para-hydroxylation sites is 1. The average molecular weight is 246 g/mol. The number of hydrogen-bond acceptors (Lipinski definition) is 2. The van der Waals surface area contributed by atoms with Crippen LogP contribution in [0.5, 0.6) is 5.75 Å². The van der Waals surface area contributed by atoms with Gasteiger partial charge in [-0.3, -0.25) is 4.79 Å². The Morgan fingerprint density at radius 1 is 1.35 bits per heavy atom. The highest BCUT2D eigenvalue weighted by Gasteiger charge is 2.51. The first kappa shape index (κ1) is 11.8. The van der Waals surface area contributed by atoms with E-state index < -0.39 is 24.2 Å². The fourth-order valence-electron chi connectivity index (χ4n) is 1.86. The molecule has 6 heteroatoms. The van der Waals surface area contributed by atoms with Gasteiger partial charge in [0.05, 0.1) is 0 Å². The van der Waals surface area contributed by atoms with Gasteiger partial charge in [0.2, 0.25) is 6.10 Å². The van der Waals surface area contributed by atoms with Crippen LogP contribution in [0.15, 0.2) is 24.3 Å². The smallest absolute Gasteiger partial charge is 0.426 e. The number of halogens is 3. The summed E-state index contributed by atoms with van der Waals surface area (Å²) in [7, 11) is 0. The van der Waals surface area contributed by atoms with E-state index in [-0.39, 0.29) is 12.2 Å². The van der Waals surface area contributed by atoms with E-state index in [9.17, 15) is 18.0 Å². The van der Waals surface area contributed by atoms with Crippen molar-refractivity contribution >= 4 is 5.97 Å². The molecular weight excluding hydrogens is 237 g/mol. The third kappa shape index (κ3) is 2.20. The van der Waals surface area contributed by atoms with Crippen molar-refractivity contribution in [3.63, 3.8) is 0 Å². The molecule has 1 aliphatic heterocycles. The molecule has 0 unspecified atom stereocenters. The molecule has 92 valence electrons. The SMILES string of the molecule is O=C(O)[C@H]1Cc2ccccc2O[C@H]1C(F)(F)F. The molecule has 2 rings (SSSR count). The summed E-state index contributed by atoms with van der Waals surface area (Å²) in [5.74, 6) is -2.99. The predicted molar refractivity (Wildman–Crippen MR) is 51.7 cm³/mol. The highest BCUT2D eigenvalue weighted by molar-refractivity contribution is 5.72. The van der Waals surface area contributed by atoms with Crippen molar-refractivity contribution in [2.45, 2.75) is 18.7 Å². The van der Waals surface area contributed by atoms with Crippen LogP contribution in [0.3, 0.4) is 0 Å². The molecule has 1 aliphatic rings. The van der Waals surface area contributed by atoms with Crippen molar-refractivity contribution < 1.29 is 27.8 Å². The molecule has 0 spiro atoms. The molecular formula is C11H9F3O3. The van der Waals surface area contributed by atoms with Crippen LogP contribution in [0.25, 0.3) is 0 Å². The van der Waals surface area contributed by atoms with Gasteiger partial charge in [0.25, 0.3) is 0 Å². The Labute approximate surface area is 94.8 Å². The van der Waals surface area contributed by atoms with E-state index in [1.54, 1.807) is 18.2 Å². The minimum absolute atomic E-state index is 0.104. The van der Waals surface area contributed by atoms with Crippen molar-refractivity contribution in [1.82, 2.24) is 0 Å². The monoisotopic (exact) mass is 246 g/mol. The molecule has 1 aromatic rings. The maximum absolute atomic E-state index is 12.7. The number of benzene rings is 1. The van der Waals surface area contributed by atoms with Crippen molar-refractivity contribution in [3.05, 3.63) is 29.8 Å². The average Bonchev–Trinajstić information content (AvgIpc) is 2.26. The zero-order chi connectivity index (χ0) is 12.6. The summed E-state index contributed by atoms with van der Waals surface area (Å²) in [5, 5.41) is 8.82. The number of aliphatic carboxylic acids is 1. The van der Waals surface area contributed by atoms with Gasteiger partial charge in [0, 0.05) is 0 Å². The van der Waals surface area contributed by atoms with E-state index in [4.69, 9.17) is 9.84 Å². The van der Waals surface area contributed by atoms with Crippen LogP contribution >= 0.6 is 0 Å². The lowest BCUT2D eigenvalue weighted by Crippen LogP contribution is -2.47. The van der Waals surface area contributed by atoms with Gasteiger partial charge in [0.15, 0.2) is 0 Å². The van der Waals surface area contributed by atoms with Gasteiger partial charge in [-0.2, -0.15) is 13.2 Å². The van der Waals surface area contributed by atoms with Crippen molar-refractivity contribution in [2.24, 2.45) is 5.92 Å². The van der Waals surface area contributed by atoms with Gasteiger partial charge < -0.3 is 9.84 Å². The number of ether oxygens (including phenoxy) is 1. The number of alkyl halides is 3. The van der Waals surface area contributed by atoms with E-state index in [2.05, 4.69) is 0 Å².